The van der Waals surface area contributed by atoms with Gasteiger partial charge in [0.25, 0.3) is 0 Å². The third kappa shape index (κ3) is 3.51. The Bertz CT molecular complexity index is 484. The fraction of sp³-hybridized carbons (Fsp3) is 0.562. The Morgan fingerprint density at radius 1 is 1.45 bits per heavy atom. The number of carbonyl (C=O) groups is 1. The van der Waals surface area contributed by atoms with Crippen molar-refractivity contribution in [3.05, 3.63) is 29.8 Å². The number of fused-ring (bicyclic) bond motifs is 1. The van der Waals surface area contributed by atoms with Crippen molar-refractivity contribution in [1.29, 1.82) is 0 Å². The quantitative estimate of drug-likeness (QED) is 0.898. The first kappa shape index (κ1) is 14.9. The van der Waals surface area contributed by atoms with Crippen molar-refractivity contribution in [2.75, 3.05) is 13.6 Å². The fourth-order valence-electron chi connectivity index (χ4n) is 2.79. The van der Waals surface area contributed by atoms with Crippen LogP contribution < -0.4 is 4.74 Å². The molecule has 1 heterocycles. The van der Waals surface area contributed by atoms with Crippen LogP contribution >= 0.6 is 0 Å². The van der Waals surface area contributed by atoms with Gasteiger partial charge in [-0.2, -0.15) is 0 Å². The monoisotopic (exact) mass is 277 g/mol. The average Bonchev–Trinajstić information content (AvgIpc) is 2.36. The molecule has 0 radical (unpaired) electrons. The first-order chi connectivity index (χ1) is 9.39. The van der Waals surface area contributed by atoms with Crippen molar-refractivity contribution in [2.45, 2.75) is 44.8 Å². The van der Waals surface area contributed by atoms with Crippen LogP contribution in [0, 0.1) is 0 Å². The molecular weight excluding hydrogens is 254 g/mol. The molecule has 0 aromatic heterocycles. The minimum atomic E-state index is -0.730. The van der Waals surface area contributed by atoms with Crippen LogP contribution in [0.15, 0.2) is 24.3 Å². The van der Waals surface area contributed by atoms with Crippen LogP contribution in [0.25, 0.3) is 0 Å². The Hall–Kier alpha value is -1.55. The van der Waals surface area contributed by atoms with E-state index in [1.54, 1.807) is 0 Å². The molecule has 0 bridgehead atoms. The zero-order chi connectivity index (χ0) is 14.8. The van der Waals surface area contributed by atoms with Gasteiger partial charge in [-0.05, 0) is 39.9 Å². The Labute approximate surface area is 120 Å². The first-order valence-corrected chi connectivity index (χ1v) is 7.09. The van der Waals surface area contributed by atoms with Crippen LogP contribution in [0.3, 0.4) is 0 Å². The van der Waals surface area contributed by atoms with Gasteiger partial charge in [0, 0.05) is 24.4 Å². The molecule has 1 aliphatic heterocycles. The molecule has 20 heavy (non-hydrogen) atoms. The van der Waals surface area contributed by atoms with Gasteiger partial charge in [-0.1, -0.05) is 18.2 Å². The van der Waals surface area contributed by atoms with Gasteiger partial charge in [-0.25, -0.2) is 0 Å². The number of rotatable bonds is 5. The molecular formula is C16H23NO3. The summed E-state index contributed by atoms with van der Waals surface area (Å²) in [6, 6.07) is 8.40. The number of hydrogen-bond acceptors (Lipinski definition) is 3. The summed E-state index contributed by atoms with van der Waals surface area (Å²) in [5, 5.41) is 8.74. The van der Waals surface area contributed by atoms with Gasteiger partial charge in [-0.15, -0.1) is 0 Å². The molecule has 1 aliphatic rings. The number of para-hydroxylation sites is 1. The highest BCUT2D eigenvalue weighted by molar-refractivity contribution is 5.66. The van der Waals surface area contributed by atoms with E-state index in [0.717, 1.165) is 18.7 Å². The van der Waals surface area contributed by atoms with Gasteiger partial charge in [0.05, 0.1) is 0 Å². The van der Waals surface area contributed by atoms with Gasteiger partial charge >= 0.3 is 5.97 Å². The van der Waals surface area contributed by atoms with Crippen molar-refractivity contribution < 1.29 is 14.6 Å². The van der Waals surface area contributed by atoms with E-state index in [1.165, 1.54) is 5.56 Å². The minimum Gasteiger partial charge on any atom is -0.487 e. The molecule has 0 saturated heterocycles. The molecule has 0 saturated carbocycles. The van der Waals surface area contributed by atoms with Gasteiger partial charge in [-0.3, -0.25) is 9.69 Å². The second-order valence-electron chi connectivity index (χ2n) is 6.10. The largest absolute Gasteiger partial charge is 0.487 e. The third-order valence-corrected chi connectivity index (χ3v) is 3.78. The maximum absolute atomic E-state index is 10.6. The normalized spacial score (nSPS) is 20.3. The van der Waals surface area contributed by atoms with E-state index in [1.807, 2.05) is 18.2 Å². The maximum Gasteiger partial charge on any atom is 0.303 e. The van der Waals surface area contributed by atoms with Crippen molar-refractivity contribution in [3.63, 3.8) is 0 Å². The molecule has 2 rings (SSSR count). The number of hydrogen-bond donors (Lipinski definition) is 1. The van der Waals surface area contributed by atoms with Gasteiger partial charge in [0.2, 0.25) is 0 Å². The van der Waals surface area contributed by atoms with Crippen LogP contribution in [-0.2, 0) is 4.79 Å². The highest BCUT2D eigenvalue weighted by Gasteiger charge is 2.35. The smallest absolute Gasteiger partial charge is 0.303 e. The molecule has 1 aromatic rings. The summed E-state index contributed by atoms with van der Waals surface area (Å²) in [5.41, 5.74) is 1.00. The first-order valence-electron chi connectivity index (χ1n) is 7.09. The number of ether oxygens (including phenoxy) is 1. The highest BCUT2D eigenvalue weighted by atomic mass is 16.5. The zero-order valence-corrected chi connectivity index (χ0v) is 12.4. The molecule has 0 aliphatic carbocycles. The predicted molar refractivity (Wildman–Crippen MR) is 78.0 cm³/mol. The van der Waals surface area contributed by atoms with E-state index in [9.17, 15) is 4.79 Å². The maximum atomic E-state index is 10.6. The third-order valence-electron chi connectivity index (χ3n) is 3.78. The molecule has 0 spiro atoms. The molecule has 4 nitrogen and oxygen atoms in total. The summed E-state index contributed by atoms with van der Waals surface area (Å²) in [4.78, 5) is 12.9. The van der Waals surface area contributed by atoms with E-state index < -0.39 is 5.97 Å². The lowest BCUT2D eigenvalue weighted by atomic mass is 9.89. The standard InChI is InChI=1S/C16H23NO3/c1-16(2)11-13(17(3)10-6-9-15(18)19)12-7-4-5-8-14(12)20-16/h4-5,7-8,13H,6,9-11H2,1-3H3,(H,18,19). The highest BCUT2D eigenvalue weighted by Crippen LogP contribution is 2.41. The number of nitrogens with zero attached hydrogens (tertiary/aromatic N) is 1. The molecule has 0 fully saturated rings. The number of aliphatic carboxylic acids is 1. The van der Waals surface area contributed by atoms with Crippen molar-refractivity contribution in [3.8, 4) is 5.75 Å². The Morgan fingerprint density at radius 3 is 2.85 bits per heavy atom. The summed E-state index contributed by atoms with van der Waals surface area (Å²) < 4.78 is 6.02. The van der Waals surface area contributed by atoms with Crippen molar-refractivity contribution in [1.82, 2.24) is 4.90 Å². The summed E-state index contributed by atoms with van der Waals surface area (Å²) in [6.07, 6.45) is 1.80. The fourth-order valence-corrected chi connectivity index (χ4v) is 2.79. The second-order valence-corrected chi connectivity index (χ2v) is 6.10. The molecule has 1 aromatic carbocycles. The topological polar surface area (TPSA) is 49.8 Å². The van der Waals surface area contributed by atoms with Gasteiger partial charge in [0.1, 0.15) is 11.4 Å². The van der Waals surface area contributed by atoms with E-state index in [4.69, 9.17) is 9.84 Å². The lowest BCUT2D eigenvalue weighted by Crippen LogP contribution is -2.40. The number of benzene rings is 1. The molecule has 1 atom stereocenters. The van der Waals surface area contributed by atoms with Crippen molar-refractivity contribution in [2.24, 2.45) is 0 Å². The second kappa shape index (κ2) is 5.83. The average molecular weight is 277 g/mol. The van der Waals surface area contributed by atoms with E-state index in [0.29, 0.717) is 6.42 Å². The predicted octanol–water partition coefficient (Wildman–Crippen LogP) is 3.09. The van der Waals surface area contributed by atoms with Crippen LogP contribution in [-0.4, -0.2) is 35.2 Å². The van der Waals surface area contributed by atoms with Crippen molar-refractivity contribution >= 4 is 5.97 Å². The lowest BCUT2D eigenvalue weighted by molar-refractivity contribution is -0.137. The molecule has 1 N–H and O–H groups in total. The Morgan fingerprint density at radius 2 is 2.15 bits per heavy atom. The lowest BCUT2D eigenvalue weighted by Gasteiger charge is -2.41. The van der Waals surface area contributed by atoms with E-state index in [-0.39, 0.29) is 18.1 Å². The molecule has 4 heteroatoms. The van der Waals surface area contributed by atoms with Crippen LogP contribution in [0.5, 0.6) is 5.75 Å². The Balaban J connectivity index is 2.12. The minimum absolute atomic E-state index is 0.194. The van der Waals surface area contributed by atoms with E-state index in [2.05, 4.69) is 31.9 Å². The van der Waals surface area contributed by atoms with Crippen LogP contribution in [0.1, 0.15) is 44.7 Å². The number of carboxylic acids is 1. The van der Waals surface area contributed by atoms with Gasteiger partial charge in [0.15, 0.2) is 0 Å². The Kier molecular flexibility index (Phi) is 4.33. The SMILES string of the molecule is CN(CCCC(=O)O)C1CC(C)(C)Oc2ccccc21. The summed E-state index contributed by atoms with van der Waals surface area (Å²) in [5.74, 6) is 0.213. The molecule has 110 valence electrons. The summed E-state index contributed by atoms with van der Waals surface area (Å²) >= 11 is 0. The summed E-state index contributed by atoms with van der Waals surface area (Å²) in [7, 11) is 2.06. The number of carboxylic acid groups (broad SMARTS) is 1. The van der Waals surface area contributed by atoms with Crippen LogP contribution in [0.4, 0.5) is 0 Å². The summed E-state index contributed by atoms with van der Waals surface area (Å²) in [6.45, 7) is 4.98. The molecule has 1 unspecified atom stereocenters. The van der Waals surface area contributed by atoms with Crippen LogP contribution in [0.2, 0.25) is 0 Å². The zero-order valence-electron chi connectivity index (χ0n) is 12.4. The van der Waals surface area contributed by atoms with E-state index >= 15 is 0 Å². The van der Waals surface area contributed by atoms with Gasteiger partial charge < -0.3 is 9.84 Å². The molecule has 0 amide bonds.